The van der Waals surface area contributed by atoms with Crippen LogP contribution in [0, 0.1) is 5.41 Å². The molecule has 0 spiro atoms. The second kappa shape index (κ2) is 2.91. The Morgan fingerprint density at radius 1 is 1.42 bits per heavy atom. The van der Waals surface area contributed by atoms with E-state index in [1.165, 1.54) is 0 Å². The van der Waals surface area contributed by atoms with Gasteiger partial charge in [-0.25, -0.2) is 0 Å². The molecule has 1 nitrogen and oxygen atoms in total. The van der Waals surface area contributed by atoms with Crippen LogP contribution in [0.3, 0.4) is 0 Å². The van der Waals surface area contributed by atoms with Crippen LogP contribution in [0.1, 0.15) is 32.6 Å². The lowest BCUT2D eigenvalue weighted by molar-refractivity contribution is -0.215. The van der Waals surface area contributed by atoms with Crippen LogP contribution >= 0.6 is 0 Å². The largest absolute Gasteiger partial charge is 0.414 e. The van der Waals surface area contributed by atoms with Crippen molar-refractivity contribution in [2.75, 3.05) is 0 Å². The Morgan fingerprint density at radius 3 is 2.17 bits per heavy atom. The lowest BCUT2D eigenvalue weighted by Crippen LogP contribution is -2.37. The molecule has 0 bridgehead atoms. The lowest BCUT2D eigenvalue weighted by atomic mass is 9.67. The first-order valence-corrected chi connectivity index (χ1v) is 4.08. The molecule has 1 atom stereocenters. The Morgan fingerprint density at radius 2 is 1.92 bits per heavy atom. The van der Waals surface area contributed by atoms with E-state index >= 15 is 0 Å². The molecule has 0 aromatic carbocycles. The highest BCUT2D eigenvalue weighted by Crippen LogP contribution is 2.45. The van der Waals surface area contributed by atoms with Crippen molar-refractivity contribution in [1.29, 1.82) is 0 Å². The van der Waals surface area contributed by atoms with Gasteiger partial charge >= 0.3 is 6.18 Å². The van der Waals surface area contributed by atoms with Crippen molar-refractivity contribution in [2.45, 2.75) is 44.9 Å². The molecular weight excluding hydrogens is 169 g/mol. The molecule has 1 rings (SSSR count). The van der Waals surface area contributed by atoms with Crippen LogP contribution in [-0.2, 0) is 0 Å². The van der Waals surface area contributed by atoms with E-state index in [1.807, 2.05) is 0 Å². The first-order chi connectivity index (χ1) is 5.33. The van der Waals surface area contributed by atoms with E-state index in [-0.39, 0.29) is 11.8 Å². The van der Waals surface area contributed by atoms with Crippen LogP contribution in [0.15, 0.2) is 0 Å². The summed E-state index contributed by atoms with van der Waals surface area (Å²) in [5, 5.41) is 8.76. The number of aliphatic hydroxyl groups is 1. The summed E-state index contributed by atoms with van der Waals surface area (Å²) < 4.78 is 35.7. The molecule has 0 aromatic heterocycles. The average Bonchev–Trinajstić information content (AvgIpc) is 1.82. The van der Waals surface area contributed by atoms with Crippen molar-refractivity contribution in [2.24, 2.45) is 5.41 Å². The molecule has 0 aliphatic heterocycles. The van der Waals surface area contributed by atoms with E-state index in [1.54, 1.807) is 6.92 Å². The topological polar surface area (TPSA) is 20.2 Å². The third-order valence-corrected chi connectivity index (χ3v) is 2.62. The zero-order valence-electron chi connectivity index (χ0n) is 6.99. The van der Waals surface area contributed by atoms with Gasteiger partial charge in [0.25, 0.3) is 0 Å². The van der Waals surface area contributed by atoms with E-state index in [0.717, 1.165) is 19.3 Å². The van der Waals surface area contributed by atoms with Crippen LogP contribution in [-0.4, -0.2) is 17.4 Å². The molecule has 1 fully saturated rings. The normalized spacial score (nSPS) is 24.8. The molecule has 1 N–H and O–H groups in total. The number of hydrogen-bond donors (Lipinski definition) is 1. The smallest absolute Gasteiger partial charge is 0.384 e. The van der Waals surface area contributed by atoms with E-state index in [2.05, 4.69) is 0 Å². The summed E-state index contributed by atoms with van der Waals surface area (Å²) in [4.78, 5) is 0. The third-order valence-electron chi connectivity index (χ3n) is 2.62. The SMILES string of the molecule is CC1(CC(O)C(F)(F)F)CCC1. The molecule has 0 radical (unpaired) electrons. The fourth-order valence-electron chi connectivity index (χ4n) is 1.57. The molecule has 0 aromatic rings. The number of halogens is 3. The van der Waals surface area contributed by atoms with Crippen molar-refractivity contribution in [1.82, 2.24) is 0 Å². The Labute approximate surface area is 69.6 Å². The van der Waals surface area contributed by atoms with E-state index in [0.29, 0.717) is 0 Å². The summed E-state index contributed by atoms with van der Waals surface area (Å²) in [5.74, 6) is 0. The van der Waals surface area contributed by atoms with E-state index < -0.39 is 12.3 Å². The van der Waals surface area contributed by atoms with Crippen molar-refractivity contribution in [3.8, 4) is 0 Å². The molecule has 12 heavy (non-hydrogen) atoms. The van der Waals surface area contributed by atoms with Gasteiger partial charge in [-0.1, -0.05) is 13.3 Å². The minimum Gasteiger partial charge on any atom is -0.384 e. The summed E-state index contributed by atoms with van der Waals surface area (Å²) in [5.41, 5.74) is -0.269. The van der Waals surface area contributed by atoms with Gasteiger partial charge in [0, 0.05) is 0 Å². The first-order valence-electron chi connectivity index (χ1n) is 4.08. The van der Waals surface area contributed by atoms with Crippen LogP contribution in [0.25, 0.3) is 0 Å². The summed E-state index contributed by atoms with van der Waals surface area (Å²) in [7, 11) is 0. The second-order valence-corrected chi connectivity index (χ2v) is 3.93. The standard InChI is InChI=1S/C8H13F3O/c1-7(3-2-4-7)5-6(12)8(9,10)11/h6,12H,2-5H2,1H3. The molecular formula is C8H13F3O. The Kier molecular flexibility index (Phi) is 2.38. The Bertz CT molecular complexity index is 160. The van der Waals surface area contributed by atoms with E-state index in [9.17, 15) is 13.2 Å². The van der Waals surface area contributed by atoms with Crippen LogP contribution < -0.4 is 0 Å². The zero-order chi connectivity index (χ0) is 9.41. The second-order valence-electron chi connectivity index (χ2n) is 3.93. The molecule has 72 valence electrons. The molecule has 1 saturated carbocycles. The average molecular weight is 182 g/mol. The molecule has 1 aliphatic rings. The molecule has 1 unspecified atom stereocenters. The monoisotopic (exact) mass is 182 g/mol. The summed E-state index contributed by atoms with van der Waals surface area (Å²) in [6, 6.07) is 0. The molecule has 0 saturated heterocycles. The zero-order valence-corrected chi connectivity index (χ0v) is 6.99. The number of alkyl halides is 3. The van der Waals surface area contributed by atoms with E-state index in [4.69, 9.17) is 5.11 Å². The fraction of sp³-hybridized carbons (Fsp3) is 1.00. The van der Waals surface area contributed by atoms with Crippen molar-refractivity contribution >= 4 is 0 Å². The summed E-state index contributed by atoms with van der Waals surface area (Å²) in [6.07, 6.45) is -4.13. The maximum Gasteiger partial charge on any atom is 0.414 e. The maximum atomic E-state index is 11.9. The van der Waals surface area contributed by atoms with Crippen molar-refractivity contribution in [3.63, 3.8) is 0 Å². The van der Waals surface area contributed by atoms with Gasteiger partial charge in [0.05, 0.1) is 0 Å². The Balaban J connectivity index is 2.40. The van der Waals surface area contributed by atoms with Crippen LogP contribution in [0.4, 0.5) is 13.2 Å². The van der Waals surface area contributed by atoms with Crippen molar-refractivity contribution in [3.05, 3.63) is 0 Å². The molecule has 4 heteroatoms. The summed E-state index contributed by atoms with van der Waals surface area (Å²) >= 11 is 0. The van der Waals surface area contributed by atoms with Gasteiger partial charge < -0.3 is 5.11 Å². The minimum atomic E-state index is -4.45. The number of rotatable bonds is 2. The highest BCUT2D eigenvalue weighted by molar-refractivity contribution is 4.87. The molecule has 0 amide bonds. The fourth-order valence-corrected chi connectivity index (χ4v) is 1.57. The summed E-state index contributed by atoms with van der Waals surface area (Å²) in [6.45, 7) is 1.80. The predicted molar refractivity (Wildman–Crippen MR) is 38.6 cm³/mol. The molecule has 1 aliphatic carbocycles. The predicted octanol–water partition coefficient (Wildman–Crippen LogP) is 2.49. The number of hydrogen-bond acceptors (Lipinski definition) is 1. The quantitative estimate of drug-likeness (QED) is 0.695. The highest BCUT2D eigenvalue weighted by Gasteiger charge is 2.44. The maximum absolute atomic E-state index is 11.9. The minimum absolute atomic E-state index is 0.142. The Hall–Kier alpha value is -0.250. The van der Waals surface area contributed by atoms with Gasteiger partial charge in [0.15, 0.2) is 0 Å². The van der Waals surface area contributed by atoms with Gasteiger partial charge in [0.1, 0.15) is 6.10 Å². The van der Waals surface area contributed by atoms with Gasteiger partial charge in [-0.3, -0.25) is 0 Å². The highest BCUT2D eigenvalue weighted by atomic mass is 19.4. The van der Waals surface area contributed by atoms with Crippen LogP contribution in [0.2, 0.25) is 0 Å². The van der Waals surface area contributed by atoms with Gasteiger partial charge in [-0.05, 0) is 24.7 Å². The van der Waals surface area contributed by atoms with Gasteiger partial charge in [-0.15, -0.1) is 0 Å². The van der Waals surface area contributed by atoms with Crippen LogP contribution in [0.5, 0.6) is 0 Å². The van der Waals surface area contributed by atoms with Gasteiger partial charge in [0.2, 0.25) is 0 Å². The number of aliphatic hydroxyl groups excluding tert-OH is 1. The van der Waals surface area contributed by atoms with Gasteiger partial charge in [-0.2, -0.15) is 13.2 Å². The first kappa shape index (κ1) is 9.84. The lowest BCUT2D eigenvalue weighted by Gasteiger charge is -2.40. The molecule has 0 heterocycles. The van der Waals surface area contributed by atoms with Crippen molar-refractivity contribution < 1.29 is 18.3 Å². The third kappa shape index (κ3) is 2.12.